The Morgan fingerprint density at radius 3 is 2.12 bits per heavy atom. The largest absolute Gasteiger partial charge is 0.492 e. The summed E-state index contributed by atoms with van der Waals surface area (Å²) in [5.41, 5.74) is 5.83. The van der Waals surface area contributed by atoms with Crippen LogP contribution in [0.4, 0.5) is 5.69 Å². The lowest BCUT2D eigenvalue weighted by Crippen LogP contribution is -2.36. The zero-order valence-electron chi connectivity index (χ0n) is 30.4. The summed E-state index contributed by atoms with van der Waals surface area (Å²) in [6.07, 6.45) is 4.74. The van der Waals surface area contributed by atoms with Gasteiger partial charge in [-0.2, -0.15) is 4.57 Å². The van der Waals surface area contributed by atoms with E-state index < -0.39 is 24.1 Å². The SMILES string of the molecule is O=C(Cc1ccc(C[n+]2c(C=CC=C3Oc4ccccc4N3Cc3ccc(CC(=O)On4c(O)ccc4O)cc3)oc3ccccc32)cc1)ON1C(=O)CCC1O. The number of carbonyl (C=O) groups excluding carboxylic acids is 3. The monoisotopic (exact) mass is 769 g/mol. The van der Waals surface area contributed by atoms with Crippen molar-refractivity contribution in [1.82, 2.24) is 9.79 Å². The van der Waals surface area contributed by atoms with Crippen LogP contribution < -0.4 is 19.0 Å². The van der Waals surface area contributed by atoms with Gasteiger partial charge in [-0.15, -0.1) is 9.79 Å². The van der Waals surface area contributed by atoms with E-state index in [1.807, 2.05) is 115 Å². The van der Waals surface area contributed by atoms with Crippen LogP contribution in [0.2, 0.25) is 0 Å². The van der Waals surface area contributed by atoms with Gasteiger partial charge in [-0.25, -0.2) is 9.59 Å². The normalized spacial score (nSPS) is 15.8. The van der Waals surface area contributed by atoms with Crippen molar-refractivity contribution in [2.75, 3.05) is 4.90 Å². The maximum atomic E-state index is 12.5. The van der Waals surface area contributed by atoms with Gasteiger partial charge < -0.3 is 39.0 Å². The first-order valence-corrected chi connectivity index (χ1v) is 18.2. The lowest BCUT2D eigenvalue weighted by Gasteiger charge is -2.18. The summed E-state index contributed by atoms with van der Waals surface area (Å²) in [5.74, 6) is -0.551. The number of allylic oxidation sites excluding steroid dienone is 2. The second-order valence-electron chi connectivity index (χ2n) is 13.5. The number of aliphatic hydroxyl groups is 1. The third-order valence-corrected chi connectivity index (χ3v) is 9.50. The molecule has 1 fully saturated rings. The smallest absolute Gasteiger partial charge is 0.374 e. The maximum absolute atomic E-state index is 12.5. The standard InChI is InChI=1S/C43H36N4O10/c48-36-20-21-37(49)46(36)56-42(52)24-28-12-16-30(17-13-28)26-44-32-6-1-3-8-34(32)54-40(44)10-5-11-41-45(33-7-2-4-9-35(33)55-41)27-31-18-14-29(15-19-31)25-43(53)57-47-38(50)22-23-39(47)51/h1-21,38,50H,22-27H2,(H-,48,49)/p+1. The first kappa shape index (κ1) is 36.6. The second kappa shape index (κ2) is 15.8. The van der Waals surface area contributed by atoms with E-state index >= 15 is 0 Å². The van der Waals surface area contributed by atoms with Crippen LogP contribution in [-0.2, 0) is 45.2 Å². The number of rotatable bonds is 12. The van der Waals surface area contributed by atoms with E-state index in [-0.39, 0.29) is 37.4 Å². The highest BCUT2D eigenvalue weighted by atomic mass is 16.7. The zero-order chi connectivity index (χ0) is 39.5. The van der Waals surface area contributed by atoms with Crippen molar-refractivity contribution >= 4 is 40.7 Å². The first-order valence-electron chi connectivity index (χ1n) is 18.2. The molecule has 1 atom stereocenters. The van der Waals surface area contributed by atoms with Gasteiger partial charge in [0, 0.05) is 36.6 Å². The van der Waals surface area contributed by atoms with Crippen molar-refractivity contribution in [3.8, 4) is 17.5 Å². The van der Waals surface area contributed by atoms with Gasteiger partial charge in [0.2, 0.25) is 23.2 Å². The number of para-hydroxylation sites is 4. The molecule has 0 spiro atoms. The number of carbonyl (C=O) groups is 3. The zero-order valence-corrected chi connectivity index (χ0v) is 30.4. The van der Waals surface area contributed by atoms with Crippen molar-refractivity contribution in [2.24, 2.45) is 0 Å². The molecule has 57 heavy (non-hydrogen) atoms. The fraction of sp³-hybridized carbons (Fsp3) is 0.163. The summed E-state index contributed by atoms with van der Waals surface area (Å²) in [6, 6.07) is 32.9. The molecule has 4 aromatic carbocycles. The van der Waals surface area contributed by atoms with E-state index in [1.165, 1.54) is 12.1 Å². The number of aromatic hydroxyl groups is 2. The van der Waals surface area contributed by atoms with Crippen LogP contribution in [0.15, 0.2) is 132 Å². The van der Waals surface area contributed by atoms with E-state index in [1.54, 1.807) is 0 Å². The van der Waals surface area contributed by atoms with Crippen molar-refractivity contribution in [1.29, 1.82) is 0 Å². The molecule has 0 aliphatic carbocycles. The number of hydrogen-bond acceptors (Lipinski definition) is 11. The van der Waals surface area contributed by atoms with E-state index in [9.17, 15) is 29.7 Å². The molecular formula is C43H37N4O10+. The highest BCUT2D eigenvalue weighted by molar-refractivity contribution is 5.80. The second-order valence-corrected chi connectivity index (χ2v) is 13.5. The summed E-state index contributed by atoms with van der Waals surface area (Å²) < 4.78 is 15.3. The number of fused-ring (bicyclic) bond motifs is 2. The van der Waals surface area contributed by atoms with Crippen molar-refractivity contribution in [3.63, 3.8) is 0 Å². The number of benzene rings is 4. The molecule has 14 heteroatoms. The molecule has 288 valence electrons. The van der Waals surface area contributed by atoms with Crippen LogP contribution in [0, 0.1) is 0 Å². The quantitative estimate of drug-likeness (QED) is 0.142. The third kappa shape index (κ3) is 8.07. The fourth-order valence-corrected chi connectivity index (χ4v) is 6.65. The minimum atomic E-state index is -1.12. The number of hydrogen-bond donors (Lipinski definition) is 3. The van der Waals surface area contributed by atoms with Gasteiger partial charge in [-0.3, -0.25) is 4.79 Å². The van der Waals surface area contributed by atoms with Gasteiger partial charge >= 0.3 is 17.8 Å². The molecular weight excluding hydrogens is 732 g/mol. The Balaban J connectivity index is 0.959. The average molecular weight is 770 g/mol. The highest BCUT2D eigenvalue weighted by Crippen LogP contribution is 2.39. The number of amides is 1. The first-order chi connectivity index (χ1) is 27.7. The average Bonchev–Trinajstić information content (AvgIpc) is 3.93. The minimum absolute atomic E-state index is 0.0548. The Hall–Kier alpha value is -7.32. The van der Waals surface area contributed by atoms with E-state index in [2.05, 4.69) is 9.47 Å². The van der Waals surface area contributed by atoms with Gasteiger partial charge in [-0.1, -0.05) is 72.8 Å². The number of aliphatic hydroxyl groups excluding tert-OH is 1. The Kier molecular flexibility index (Phi) is 10.2. The van der Waals surface area contributed by atoms with Crippen LogP contribution in [-0.4, -0.2) is 49.2 Å². The van der Waals surface area contributed by atoms with E-state index in [0.29, 0.717) is 52.1 Å². The molecule has 2 aromatic heterocycles. The minimum Gasteiger partial charge on any atom is -0.492 e. The molecule has 4 heterocycles. The summed E-state index contributed by atoms with van der Waals surface area (Å²) in [5, 5.41) is 30.2. The number of oxazole rings is 1. The van der Waals surface area contributed by atoms with Gasteiger partial charge in [0.1, 0.15) is 0 Å². The van der Waals surface area contributed by atoms with Crippen molar-refractivity contribution in [2.45, 2.75) is 45.0 Å². The number of anilines is 1. The Bertz CT molecular complexity index is 2500. The van der Waals surface area contributed by atoms with Crippen LogP contribution in [0.1, 0.15) is 41.0 Å². The molecule has 0 bridgehead atoms. The number of ether oxygens (including phenoxy) is 1. The summed E-state index contributed by atoms with van der Waals surface area (Å²) in [4.78, 5) is 49.0. The topological polar surface area (TPSA) is 168 Å². The molecule has 14 nitrogen and oxygen atoms in total. The Morgan fingerprint density at radius 1 is 0.789 bits per heavy atom. The third-order valence-electron chi connectivity index (χ3n) is 9.50. The molecule has 0 radical (unpaired) electrons. The number of nitrogens with zero attached hydrogens (tertiary/aromatic N) is 4. The summed E-state index contributed by atoms with van der Waals surface area (Å²) in [7, 11) is 0. The lowest BCUT2D eigenvalue weighted by molar-refractivity contribution is -0.669. The molecule has 2 aliphatic rings. The summed E-state index contributed by atoms with van der Waals surface area (Å²) in [6.45, 7) is 0.953. The molecule has 8 rings (SSSR count). The van der Waals surface area contributed by atoms with Gasteiger partial charge in [-0.05, 0) is 47.0 Å². The van der Waals surface area contributed by atoms with Crippen LogP contribution in [0.3, 0.4) is 0 Å². The molecule has 1 saturated heterocycles. The van der Waals surface area contributed by atoms with Crippen molar-refractivity contribution in [3.05, 3.63) is 155 Å². The van der Waals surface area contributed by atoms with Gasteiger partial charge in [0.05, 0.1) is 31.1 Å². The fourth-order valence-electron chi connectivity index (χ4n) is 6.65. The molecule has 1 unspecified atom stereocenters. The summed E-state index contributed by atoms with van der Waals surface area (Å²) >= 11 is 0. The highest BCUT2D eigenvalue weighted by Gasteiger charge is 2.33. The molecule has 3 N–H and O–H groups in total. The lowest BCUT2D eigenvalue weighted by atomic mass is 10.1. The van der Waals surface area contributed by atoms with Crippen LogP contribution in [0.25, 0.3) is 17.2 Å². The Morgan fingerprint density at radius 2 is 1.42 bits per heavy atom. The Labute approximate surface area is 325 Å². The van der Waals surface area contributed by atoms with Crippen LogP contribution >= 0.6 is 0 Å². The predicted molar refractivity (Wildman–Crippen MR) is 204 cm³/mol. The molecule has 0 saturated carbocycles. The molecule has 1 amide bonds. The number of hydroxylamine groups is 2. The maximum Gasteiger partial charge on any atom is 0.374 e. The van der Waals surface area contributed by atoms with Gasteiger partial charge in [0.15, 0.2) is 18.5 Å². The predicted octanol–water partition coefficient (Wildman–Crippen LogP) is 5.07. The molecule has 6 aromatic rings. The van der Waals surface area contributed by atoms with E-state index in [0.717, 1.165) is 27.4 Å². The number of aromatic nitrogens is 2. The van der Waals surface area contributed by atoms with Gasteiger partial charge in [0.25, 0.3) is 11.4 Å². The van der Waals surface area contributed by atoms with E-state index in [4.69, 9.17) is 18.8 Å². The van der Waals surface area contributed by atoms with Crippen molar-refractivity contribution < 1.29 is 53.1 Å². The van der Waals surface area contributed by atoms with Crippen LogP contribution in [0.5, 0.6) is 17.5 Å². The molecule has 2 aliphatic heterocycles.